The molecule has 4 fully saturated rings. The summed E-state index contributed by atoms with van der Waals surface area (Å²) in [4.78, 5) is 54.7. The van der Waals surface area contributed by atoms with E-state index in [9.17, 15) is 19.2 Å². The fourth-order valence-electron chi connectivity index (χ4n) is 7.24. The molecule has 0 radical (unpaired) electrons. The molecule has 204 valence electrons. The number of hydrogen-bond donors (Lipinski definition) is 1. The highest BCUT2D eigenvalue weighted by molar-refractivity contribution is 6.05. The number of nitrogens with one attached hydrogen (secondary N) is 1. The summed E-state index contributed by atoms with van der Waals surface area (Å²) >= 11 is 0. The molecule has 1 N–H and O–H groups in total. The van der Waals surface area contributed by atoms with Gasteiger partial charge in [0.1, 0.15) is 17.9 Å². The predicted molar refractivity (Wildman–Crippen MR) is 139 cm³/mol. The summed E-state index contributed by atoms with van der Waals surface area (Å²) in [5.41, 5.74) is 1.49. The van der Waals surface area contributed by atoms with Crippen LogP contribution in [0.25, 0.3) is 0 Å². The number of imide groups is 1. The van der Waals surface area contributed by atoms with Gasteiger partial charge in [-0.3, -0.25) is 29.4 Å². The summed E-state index contributed by atoms with van der Waals surface area (Å²) in [6, 6.07) is 5.48. The van der Waals surface area contributed by atoms with Crippen LogP contribution in [-0.4, -0.2) is 82.7 Å². The van der Waals surface area contributed by atoms with E-state index in [1.807, 2.05) is 23.1 Å². The summed E-state index contributed by atoms with van der Waals surface area (Å²) in [6.45, 7) is 6.06. The van der Waals surface area contributed by atoms with Crippen molar-refractivity contribution in [2.45, 2.75) is 83.0 Å². The predicted octanol–water partition coefficient (Wildman–Crippen LogP) is 2.33. The van der Waals surface area contributed by atoms with Crippen LogP contribution in [0.5, 0.6) is 5.75 Å². The smallest absolute Gasteiger partial charge is 0.255 e. The van der Waals surface area contributed by atoms with Crippen LogP contribution in [0.2, 0.25) is 0 Å². The first kappa shape index (κ1) is 25.3. The van der Waals surface area contributed by atoms with Crippen molar-refractivity contribution in [3.8, 4) is 5.75 Å². The van der Waals surface area contributed by atoms with E-state index >= 15 is 0 Å². The van der Waals surface area contributed by atoms with E-state index in [1.165, 1.54) is 6.42 Å². The molecule has 4 aliphatic heterocycles. The average molecular weight is 523 g/mol. The third-order valence-corrected chi connectivity index (χ3v) is 9.51. The van der Waals surface area contributed by atoms with E-state index in [2.05, 4.69) is 10.2 Å². The zero-order valence-electron chi connectivity index (χ0n) is 22.2. The van der Waals surface area contributed by atoms with Gasteiger partial charge >= 0.3 is 0 Å². The molecule has 9 nitrogen and oxygen atoms in total. The number of amides is 4. The monoisotopic (exact) mass is 522 g/mol. The number of hydrogen-bond acceptors (Lipinski definition) is 6. The topological polar surface area (TPSA) is 99.3 Å². The van der Waals surface area contributed by atoms with Crippen molar-refractivity contribution in [3.63, 3.8) is 0 Å². The molecule has 38 heavy (non-hydrogen) atoms. The van der Waals surface area contributed by atoms with Gasteiger partial charge < -0.3 is 14.5 Å². The molecule has 4 amide bonds. The van der Waals surface area contributed by atoms with Crippen molar-refractivity contribution < 1.29 is 23.9 Å². The first-order valence-electron chi connectivity index (χ1n) is 14.3. The number of rotatable bonds is 5. The third-order valence-electron chi connectivity index (χ3n) is 9.51. The maximum Gasteiger partial charge on any atom is 0.255 e. The van der Waals surface area contributed by atoms with Gasteiger partial charge in [0.2, 0.25) is 17.7 Å². The Balaban J connectivity index is 1.06. The van der Waals surface area contributed by atoms with Gasteiger partial charge in [0, 0.05) is 57.7 Å². The van der Waals surface area contributed by atoms with E-state index in [-0.39, 0.29) is 36.2 Å². The standard InChI is InChI=1S/C29H38N4O5/c1-18(34)31-12-10-19(11-13-31)21-15-32(16-21)24-4-2-3-5-26(24)38-22-6-7-23-20(14-22)17-33(29(23)37)25-8-9-27(35)30-28(25)36/h6-7,14,19,21,24-26H,2-5,8-13,15-17H2,1H3,(H,30,35,36)/t24-,25?,26-/m1/s1. The van der Waals surface area contributed by atoms with Crippen LogP contribution in [0.15, 0.2) is 18.2 Å². The SMILES string of the molecule is CC(=O)N1CCC(C2CN([C@@H]3CCCC[C@H]3Oc3ccc4c(c3)CN(C3CCC(=O)NC3=O)C4=O)C2)CC1. The number of carbonyl (C=O) groups excluding carboxylic acids is 4. The Morgan fingerprint density at radius 3 is 2.47 bits per heavy atom. The molecule has 1 aromatic rings. The minimum atomic E-state index is -0.603. The summed E-state index contributed by atoms with van der Waals surface area (Å²) in [6.07, 6.45) is 7.54. The second-order valence-electron chi connectivity index (χ2n) is 11.8. The molecule has 0 spiro atoms. The first-order valence-corrected chi connectivity index (χ1v) is 14.3. The van der Waals surface area contributed by atoms with E-state index < -0.39 is 6.04 Å². The molecular weight excluding hydrogens is 484 g/mol. The second kappa shape index (κ2) is 10.3. The fourth-order valence-corrected chi connectivity index (χ4v) is 7.24. The molecule has 0 aromatic heterocycles. The Labute approximate surface area is 223 Å². The Hall–Kier alpha value is -2.94. The molecule has 5 aliphatic rings. The summed E-state index contributed by atoms with van der Waals surface area (Å²) < 4.78 is 6.58. The zero-order valence-corrected chi connectivity index (χ0v) is 22.2. The highest BCUT2D eigenvalue weighted by atomic mass is 16.5. The molecule has 9 heteroatoms. The average Bonchev–Trinajstić information content (AvgIpc) is 3.20. The molecule has 1 aliphatic carbocycles. The van der Waals surface area contributed by atoms with Gasteiger partial charge in [-0.05, 0) is 74.1 Å². The van der Waals surface area contributed by atoms with E-state index in [0.29, 0.717) is 30.5 Å². The molecule has 6 rings (SSSR count). The number of fused-ring (bicyclic) bond motifs is 1. The van der Waals surface area contributed by atoms with Crippen molar-refractivity contribution in [2.75, 3.05) is 26.2 Å². The van der Waals surface area contributed by atoms with E-state index in [1.54, 1.807) is 11.8 Å². The second-order valence-corrected chi connectivity index (χ2v) is 11.8. The third kappa shape index (κ3) is 4.81. The van der Waals surface area contributed by atoms with Crippen LogP contribution < -0.4 is 10.1 Å². The molecule has 0 bridgehead atoms. The van der Waals surface area contributed by atoms with Crippen LogP contribution in [-0.2, 0) is 20.9 Å². The van der Waals surface area contributed by atoms with Crippen molar-refractivity contribution in [1.82, 2.24) is 20.0 Å². The minimum Gasteiger partial charge on any atom is -0.489 e. The number of carbonyl (C=O) groups is 4. The minimum absolute atomic E-state index is 0.130. The van der Waals surface area contributed by atoms with Crippen LogP contribution in [0.4, 0.5) is 0 Å². The number of nitrogens with zero attached hydrogens (tertiary/aromatic N) is 3. The number of piperidine rings is 2. The molecule has 1 aromatic carbocycles. The van der Waals surface area contributed by atoms with Gasteiger partial charge in [-0.1, -0.05) is 6.42 Å². The Morgan fingerprint density at radius 2 is 1.74 bits per heavy atom. The molecule has 1 saturated carbocycles. The Kier molecular flexibility index (Phi) is 6.88. The largest absolute Gasteiger partial charge is 0.489 e. The lowest BCUT2D eigenvalue weighted by Crippen LogP contribution is -2.60. The van der Waals surface area contributed by atoms with Crippen molar-refractivity contribution >= 4 is 23.6 Å². The molecule has 1 unspecified atom stereocenters. The van der Waals surface area contributed by atoms with Crippen LogP contribution in [0, 0.1) is 11.8 Å². The summed E-state index contributed by atoms with van der Waals surface area (Å²) in [5, 5.41) is 2.36. The van der Waals surface area contributed by atoms with Crippen molar-refractivity contribution in [2.24, 2.45) is 11.8 Å². The van der Waals surface area contributed by atoms with Gasteiger partial charge in [-0.2, -0.15) is 0 Å². The molecule has 4 heterocycles. The number of likely N-dealkylation sites (tertiary alicyclic amines) is 2. The maximum atomic E-state index is 13.0. The lowest BCUT2D eigenvalue weighted by atomic mass is 9.77. The van der Waals surface area contributed by atoms with Gasteiger partial charge in [-0.25, -0.2) is 0 Å². The van der Waals surface area contributed by atoms with Gasteiger partial charge in [0.05, 0.1) is 0 Å². The fraction of sp³-hybridized carbons (Fsp3) is 0.655. The molecular formula is C29H38N4O5. The number of ether oxygens (including phenoxy) is 1. The highest BCUT2D eigenvalue weighted by Crippen LogP contribution is 2.38. The zero-order chi connectivity index (χ0) is 26.4. The first-order chi connectivity index (χ1) is 18.4. The molecule has 3 atom stereocenters. The Bertz CT molecular complexity index is 1120. The lowest BCUT2D eigenvalue weighted by molar-refractivity contribution is -0.137. The van der Waals surface area contributed by atoms with Gasteiger partial charge in [0.25, 0.3) is 5.91 Å². The number of benzene rings is 1. The van der Waals surface area contributed by atoms with Gasteiger partial charge in [0.15, 0.2) is 0 Å². The van der Waals surface area contributed by atoms with Crippen LogP contribution >= 0.6 is 0 Å². The van der Waals surface area contributed by atoms with Gasteiger partial charge in [-0.15, -0.1) is 0 Å². The highest BCUT2D eigenvalue weighted by Gasteiger charge is 2.43. The summed E-state index contributed by atoms with van der Waals surface area (Å²) in [7, 11) is 0. The normalized spacial score (nSPS) is 29.2. The van der Waals surface area contributed by atoms with Crippen LogP contribution in [0.1, 0.15) is 74.2 Å². The summed E-state index contributed by atoms with van der Waals surface area (Å²) in [5.74, 6) is 1.59. The van der Waals surface area contributed by atoms with Crippen molar-refractivity contribution in [3.05, 3.63) is 29.3 Å². The molecule has 3 saturated heterocycles. The van der Waals surface area contributed by atoms with Crippen molar-refractivity contribution in [1.29, 1.82) is 0 Å². The van der Waals surface area contributed by atoms with E-state index in [0.717, 1.165) is 75.5 Å². The lowest BCUT2D eigenvalue weighted by Gasteiger charge is -2.51. The maximum absolute atomic E-state index is 13.0. The Morgan fingerprint density at radius 1 is 0.974 bits per heavy atom. The quantitative estimate of drug-likeness (QED) is 0.596. The van der Waals surface area contributed by atoms with Crippen LogP contribution in [0.3, 0.4) is 0 Å². The van der Waals surface area contributed by atoms with E-state index in [4.69, 9.17) is 4.74 Å².